The zero-order chi connectivity index (χ0) is 21.8. The van der Waals surface area contributed by atoms with E-state index in [1.54, 1.807) is 28.4 Å². The fraction of sp³-hybridized carbons (Fsp3) is 0.263. The molecule has 0 unspecified atom stereocenters. The van der Waals surface area contributed by atoms with Crippen molar-refractivity contribution >= 4 is 16.7 Å². The average molecular weight is 426 g/mol. The minimum absolute atomic E-state index is 0.0497. The predicted octanol–water partition coefficient (Wildman–Crippen LogP) is 3.00. The van der Waals surface area contributed by atoms with Gasteiger partial charge in [-0.15, -0.1) is 10.2 Å². The van der Waals surface area contributed by atoms with Gasteiger partial charge in [-0.25, -0.2) is 14.5 Å². The third kappa shape index (κ3) is 3.16. The van der Waals surface area contributed by atoms with Gasteiger partial charge in [0, 0.05) is 30.4 Å². The molecule has 5 aromatic rings. The number of rotatable bonds is 5. The maximum atomic E-state index is 13.4. The molecule has 0 bridgehead atoms. The maximum Gasteiger partial charge on any atom is 0.321 e. The lowest BCUT2D eigenvalue weighted by atomic mass is 10.1. The van der Waals surface area contributed by atoms with Crippen LogP contribution in [0.3, 0.4) is 0 Å². The van der Waals surface area contributed by atoms with Gasteiger partial charge in [0.15, 0.2) is 5.65 Å². The SMILES string of the molecule is COc1ncnn2ccc(-c3cnc4nc(C)n(Cc5nnc(C(C)(F)F)o5)c4c3)c12. The van der Waals surface area contributed by atoms with Crippen molar-refractivity contribution < 1.29 is 17.9 Å². The van der Waals surface area contributed by atoms with Crippen LogP contribution >= 0.6 is 0 Å². The van der Waals surface area contributed by atoms with Gasteiger partial charge in [-0.05, 0) is 19.1 Å². The molecule has 0 saturated heterocycles. The maximum absolute atomic E-state index is 13.4. The Balaban J connectivity index is 1.60. The molecule has 0 aliphatic carbocycles. The van der Waals surface area contributed by atoms with Gasteiger partial charge in [0.1, 0.15) is 24.2 Å². The number of imidazole rings is 1. The smallest absolute Gasteiger partial charge is 0.321 e. The first-order chi connectivity index (χ1) is 14.8. The van der Waals surface area contributed by atoms with Gasteiger partial charge in [-0.3, -0.25) is 0 Å². The number of aromatic nitrogens is 8. The molecule has 10 nitrogen and oxygen atoms in total. The molecule has 5 rings (SSSR count). The van der Waals surface area contributed by atoms with Crippen LogP contribution < -0.4 is 4.74 Å². The van der Waals surface area contributed by atoms with E-state index >= 15 is 0 Å². The number of nitrogens with zero attached hydrogens (tertiary/aromatic N) is 8. The Morgan fingerprint density at radius 2 is 2.06 bits per heavy atom. The summed E-state index contributed by atoms with van der Waals surface area (Å²) in [5.41, 5.74) is 3.50. The van der Waals surface area contributed by atoms with Crippen molar-refractivity contribution in [2.24, 2.45) is 0 Å². The van der Waals surface area contributed by atoms with Gasteiger partial charge in [0.25, 0.3) is 5.89 Å². The van der Waals surface area contributed by atoms with Crippen LogP contribution in [0.5, 0.6) is 5.88 Å². The summed E-state index contributed by atoms with van der Waals surface area (Å²) in [6.07, 6.45) is 4.91. The minimum Gasteiger partial charge on any atom is -0.479 e. The standard InChI is InChI=1S/C19H16F2N8O2/c1-10-25-16-13(28(10)8-14-26-27-18(31-14)19(2,20)21)6-11(7-22-16)12-4-5-29-15(12)17(30-3)23-9-24-29/h4-7,9H,8H2,1-3H3. The van der Waals surface area contributed by atoms with Crippen molar-refractivity contribution in [1.82, 2.24) is 39.3 Å². The zero-order valence-electron chi connectivity index (χ0n) is 16.7. The van der Waals surface area contributed by atoms with E-state index in [0.717, 1.165) is 11.1 Å². The number of pyridine rings is 1. The van der Waals surface area contributed by atoms with Crippen LogP contribution in [0.1, 0.15) is 24.5 Å². The molecular formula is C19H16F2N8O2. The first-order valence-electron chi connectivity index (χ1n) is 9.25. The Morgan fingerprint density at radius 3 is 2.81 bits per heavy atom. The Labute approximate surface area is 173 Å². The molecule has 0 aliphatic rings. The molecule has 0 aromatic carbocycles. The molecule has 0 aliphatic heterocycles. The van der Waals surface area contributed by atoms with Crippen molar-refractivity contribution in [3.63, 3.8) is 0 Å². The minimum atomic E-state index is -3.20. The first-order valence-corrected chi connectivity index (χ1v) is 9.25. The molecule has 0 fully saturated rings. The van der Waals surface area contributed by atoms with Crippen molar-refractivity contribution in [1.29, 1.82) is 0 Å². The fourth-order valence-corrected chi connectivity index (χ4v) is 3.40. The number of aryl methyl sites for hydroxylation is 1. The van der Waals surface area contributed by atoms with Crippen LogP contribution in [0.4, 0.5) is 8.78 Å². The predicted molar refractivity (Wildman–Crippen MR) is 104 cm³/mol. The van der Waals surface area contributed by atoms with Crippen LogP contribution in [-0.2, 0) is 12.5 Å². The second-order valence-corrected chi connectivity index (χ2v) is 6.99. The molecule has 0 atom stereocenters. The van der Waals surface area contributed by atoms with E-state index in [-0.39, 0.29) is 12.4 Å². The topological polar surface area (TPSA) is 109 Å². The van der Waals surface area contributed by atoms with Crippen LogP contribution in [0.15, 0.2) is 35.3 Å². The van der Waals surface area contributed by atoms with Crippen molar-refractivity contribution in [2.75, 3.05) is 7.11 Å². The number of methoxy groups -OCH3 is 1. The number of hydrogen-bond acceptors (Lipinski definition) is 8. The molecule has 5 heterocycles. The van der Waals surface area contributed by atoms with Gasteiger partial charge >= 0.3 is 5.92 Å². The van der Waals surface area contributed by atoms with Gasteiger partial charge in [-0.2, -0.15) is 18.9 Å². The molecule has 5 aromatic heterocycles. The highest BCUT2D eigenvalue weighted by atomic mass is 19.3. The van der Waals surface area contributed by atoms with E-state index in [1.165, 1.54) is 13.4 Å². The van der Waals surface area contributed by atoms with E-state index in [0.29, 0.717) is 35.3 Å². The summed E-state index contributed by atoms with van der Waals surface area (Å²) in [6.45, 7) is 2.58. The lowest BCUT2D eigenvalue weighted by Crippen LogP contribution is -2.07. The normalized spacial score (nSPS) is 12.2. The largest absolute Gasteiger partial charge is 0.479 e. The number of halogens is 2. The van der Waals surface area contributed by atoms with Crippen LogP contribution in [-0.4, -0.2) is 46.4 Å². The fourth-order valence-electron chi connectivity index (χ4n) is 3.40. The lowest BCUT2D eigenvalue weighted by molar-refractivity contribution is -0.0119. The van der Waals surface area contributed by atoms with E-state index < -0.39 is 11.8 Å². The Morgan fingerprint density at radius 1 is 1.23 bits per heavy atom. The summed E-state index contributed by atoms with van der Waals surface area (Å²) in [5.74, 6) is -2.82. The summed E-state index contributed by atoms with van der Waals surface area (Å²) in [4.78, 5) is 13.1. The van der Waals surface area contributed by atoms with Crippen molar-refractivity contribution in [3.8, 4) is 17.0 Å². The monoisotopic (exact) mass is 426 g/mol. The number of ether oxygens (including phenoxy) is 1. The highest BCUT2D eigenvalue weighted by Crippen LogP contribution is 2.32. The number of fused-ring (bicyclic) bond motifs is 2. The molecule has 158 valence electrons. The highest BCUT2D eigenvalue weighted by Gasteiger charge is 2.32. The molecule has 0 amide bonds. The third-order valence-corrected chi connectivity index (χ3v) is 4.86. The van der Waals surface area contributed by atoms with Gasteiger partial charge in [-0.1, -0.05) is 0 Å². The van der Waals surface area contributed by atoms with Crippen molar-refractivity contribution in [3.05, 3.63) is 48.5 Å². The van der Waals surface area contributed by atoms with Gasteiger partial charge < -0.3 is 13.7 Å². The van der Waals surface area contributed by atoms with Crippen molar-refractivity contribution in [2.45, 2.75) is 26.3 Å². The number of alkyl halides is 2. The van der Waals surface area contributed by atoms with E-state index in [1.807, 2.05) is 12.1 Å². The zero-order valence-corrected chi connectivity index (χ0v) is 16.7. The van der Waals surface area contributed by atoms with Crippen LogP contribution in [0, 0.1) is 6.92 Å². The molecular weight excluding hydrogens is 410 g/mol. The first kappa shape index (κ1) is 19.0. The molecule has 0 radical (unpaired) electrons. The molecule has 12 heteroatoms. The average Bonchev–Trinajstić information content (AvgIpc) is 3.45. The Kier molecular flexibility index (Phi) is 4.17. The Hall–Kier alpha value is -3.96. The van der Waals surface area contributed by atoms with E-state index in [9.17, 15) is 8.78 Å². The summed E-state index contributed by atoms with van der Waals surface area (Å²) in [5, 5.41) is 11.4. The summed E-state index contributed by atoms with van der Waals surface area (Å²) in [7, 11) is 1.54. The van der Waals surface area contributed by atoms with E-state index in [2.05, 4.69) is 30.2 Å². The number of hydrogen-bond donors (Lipinski definition) is 0. The van der Waals surface area contributed by atoms with Crippen LogP contribution in [0.2, 0.25) is 0 Å². The summed E-state index contributed by atoms with van der Waals surface area (Å²) < 4.78 is 40.8. The van der Waals surface area contributed by atoms with Crippen LogP contribution in [0.25, 0.3) is 27.8 Å². The molecule has 0 spiro atoms. The Bertz CT molecular complexity index is 1420. The molecule has 31 heavy (non-hydrogen) atoms. The summed E-state index contributed by atoms with van der Waals surface area (Å²) in [6, 6.07) is 3.78. The molecule has 0 saturated carbocycles. The van der Waals surface area contributed by atoms with E-state index in [4.69, 9.17) is 9.15 Å². The second kappa shape index (κ2) is 6.79. The quantitative estimate of drug-likeness (QED) is 0.422. The highest BCUT2D eigenvalue weighted by molar-refractivity contribution is 5.87. The van der Waals surface area contributed by atoms with Gasteiger partial charge in [0.2, 0.25) is 11.8 Å². The second-order valence-electron chi connectivity index (χ2n) is 6.99. The lowest BCUT2D eigenvalue weighted by Gasteiger charge is -2.06. The summed E-state index contributed by atoms with van der Waals surface area (Å²) >= 11 is 0. The third-order valence-electron chi connectivity index (χ3n) is 4.86. The molecule has 0 N–H and O–H groups in total. The van der Waals surface area contributed by atoms with Gasteiger partial charge in [0.05, 0.1) is 12.6 Å².